The van der Waals surface area contributed by atoms with Crippen molar-refractivity contribution in [3.05, 3.63) is 59.4 Å². The summed E-state index contributed by atoms with van der Waals surface area (Å²) < 4.78 is 67.4. The summed E-state index contributed by atoms with van der Waals surface area (Å²) in [7, 11) is 4.25. The molecule has 8 aromatic rings. The van der Waals surface area contributed by atoms with Crippen LogP contribution in [0.3, 0.4) is 0 Å². The zero-order valence-electron chi connectivity index (χ0n) is 45.9. The highest BCUT2D eigenvalue weighted by Crippen LogP contribution is 2.42. The molecule has 82 heavy (non-hydrogen) atoms. The van der Waals surface area contributed by atoms with Crippen LogP contribution in [0.1, 0.15) is 73.4 Å². The highest BCUT2D eigenvalue weighted by Gasteiger charge is 2.43. The van der Waals surface area contributed by atoms with E-state index in [4.69, 9.17) is 39.6 Å². The van der Waals surface area contributed by atoms with Crippen LogP contribution in [-0.2, 0) is 9.47 Å². The number of halogens is 4. The maximum atomic E-state index is 15.3. The van der Waals surface area contributed by atoms with E-state index in [9.17, 15) is 17.6 Å². The van der Waals surface area contributed by atoms with E-state index in [-0.39, 0.29) is 30.2 Å². The average Bonchev–Trinajstić information content (AvgIpc) is 4.49. The number of ether oxygens (including phenoxy) is 2. The lowest BCUT2D eigenvalue weighted by Gasteiger charge is -2.52. The zero-order valence-corrected chi connectivity index (χ0v) is 45.9. The number of likely N-dealkylation sites (tertiary alicyclic amines) is 2. The van der Waals surface area contributed by atoms with E-state index in [1.807, 2.05) is 24.3 Å². The van der Waals surface area contributed by atoms with Gasteiger partial charge < -0.3 is 48.8 Å². The number of likely N-dealkylation sites (N-methyl/N-ethyl adjacent to an activating group) is 2. The number of urea groups is 1. The average molecular weight is 1130 g/mol. The van der Waals surface area contributed by atoms with Crippen LogP contribution in [-0.4, -0.2) is 240 Å². The quantitative estimate of drug-likeness (QED) is 0.116. The lowest BCUT2D eigenvalue weighted by molar-refractivity contribution is -0.0433. The largest absolute Gasteiger partial charge is 0.378 e. The monoisotopic (exact) mass is 1130 g/mol. The number of benzene rings is 2. The predicted molar refractivity (Wildman–Crippen MR) is 298 cm³/mol. The fourth-order valence-electron chi connectivity index (χ4n) is 13.4. The second-order valence-electron chi connectivity index (χ2n) is 22.6. The third-order valence-electron chi connectivity index (χ3n) is 17.8. The number of nitrogens with zero attached hydrogens (tertiary/aromatic N) is 16. The molecule has 0 aliphatic carbocycles. The van der Waals surface area contributed by atoms with Gasteiger partial charge in [-0.25, -0.2) is 42.3 Å². The summed E-state index contributed by atoms with van der Waals surface area (Å²) in [5, 5.41) is 17.8. The molecule has 2 atom stereocenters. The Kier molecular flexibility index (Phi) is 14.1. The molecule has 27 heteroatoms. The minimum absolute atomic E-state index is 0.0559. The molecule has 6 fully saturated rings. The van der Waals surface area contributed by atoms with E-state index < -0.39 is 24.5 Å². The number of rotatable bonds is 10. The molecule has 2 aromatic carbocycles. The number of fused-ring (bicyclic) bond motifs is 4. The van der Waals surface area contributed by atoms with Gasteiger partial charge in [0.25, 0.3) is 12.9 Å². The maximum Gasteiger partial charge on any atom is 0.322 e. The van der Waals surface area contributed by atoms with Crippen molar-refractivity contribution >= 4 is 62.1 Å². The zero-order chi connectivity index (χ0) is 55.8. The van der Waals surface area contributed by atoms with Gasteiger partial charge in [0.1, 0.15) is 0 Å². The van der Waals surface area contributed by atoms with Crippen molar-refractivity contribution in [1.82, 2.24) is 89.7 Å². The highest BCUT2D eigenvalue weighted by molar-refractivity contribution is 6.03. The highest BCUT2D eigenvalue weighted by atomic mass is 19.3. The summed E-state index contributed by atoms with van der Waals surface area (Å²) >= 11 is 0. The number of piperidine rings is 2. The fourth-order valence-corrected chi connectivity index (χ4v) is 13.4. The van der Waals surface area contributed by atoms with Crippen molar-refractivity contribution < 1.29 is 31.8 Å². The molecule has 2 amide bonds. The van der Waals surface area contributed by atoms with Crippen molar-refractivity contribution in [3.63, 3.8) is 0 Å². The molecule has 6 aliphatic heterocycles. The van der Waals surface area contributed by atoms with Crippen LogP contribution in [0.4, 0.5) is 34.3 Å². The van der Waals surface area contributed by atoms with Gasteiger partial charge in [0.15, 0.2) is 22.9 Å². The smallest absolute Gasteiger partial charge is 0.322 e. The number of para-hydroxylation sites is 2. The van der Waals surface area contributed by atoms with Crippen LogP contribution >= 0.6 is 0 Å². The van der Waals surface area contributed by atoms with Gasteiger partial charge in [0.05, 0.1) is 94.4 Å². The molecule has 0 spiro atoms. The summed E-state index contributed by atoms with van der Waals surface area (Å²) in [6.45, 7) is 11.7. The summed E-state index contributed by atoms with van der Waals surface area (Å²) in [6.07, 6.45) is -2.68. The van der Waals surface area contributed by atoms with Gasteiger partial charge in [-0.3, -0.25) is 20.0 Å². The molecule has 0 bridgehead atoms. The van der Waals surface area contributed by atoms with Gasteiger partial charge in [-0.2, -0.15) is 20.2 Å². The van der Waals surface area contributed by atoms with Crippen LogP contribution in [0.15, 0.2) is 36.4 Å². The molecule has 6 saturated heterocycles. The number of imidazole rings is 2. The number of aromatic amines is 4. The minimum Gasteiger partial charge on any atom is -0.378 e. The summed E-state index contributed by atoms with van der Waals surface area (Å²) in [6, 6.07) is 11.0. The van der Waals surface area contributed by atoms with E-state index in [2.05, 4.69) is 83.4 Å². The Balaban J connectivity index is 0.701. The van der Waals surface area contributed by atoms with Crippen molar-refractivity contribution in [3.8, 4) is 22.5 Å². The number of carbonyl (C=O) groups excluding carboxylic acids is 1. The number of hydrogen-bond acceptors (Lipinski definition) is 17. The molecule has 14 rings (SSSR count). The van der Waals surface area contributed by atoms with E-state index in [1.54, 1.807) is 12.1 Å². The summed E-state index contributed by atoms with van der Waals surface area (Å²) in [5.74, 6) is 0.330. The van der Waals surface area contributed by atoms with E-state index >= 15 is 4.79 Å². The van der Waals surface area contributed by atoms with Crippen LogP contribution in [0, 0.1) is 0 Å². The van der Waals surface area contributed by atoms with E-state index in [0.717, 1.165) is 87.1 Å². The van der Waals surface area contributed by atoms with Gasteiger partial charge in [0, 0.05) is 115 Å². The maximum absolute atomic E-state index is 15.3. The first kappa shape index (κ1) is 52.9. The van der Waals surface area contributed by atoms with Gasteiger partial charge in [-0.1, -0.05) is 24.3 Å². The Morgan fingerprint density at radius 2 is 0.951 bits per heavy atom. The fraction of sp³-hybridized carbons (Fsp3) is 0.545. The number of carbonyl (C=O) groups is 1. The van der Waals surface area contributed by atoms with Crippen LogP contribution < -0.4 is 9.80 Å². The van der Waals surface area contributed by atoms with Gasteiger partial charge in [-0.05, 0) is 51.9 Å². The number of nitrogens with one attached hydrogen (secondary N) is 4. The Morgan fingerprint density at radius 1 is 0.537 bits per heavy atom. The molecular weight excluding hydrogens is 1060 g/mol. The van der Waals surface area contributed by atoms with Crippen molar-refractivity contribution in [2.75, 3.05) is 142 Å². The number of piperazine rings is 2. The molecule has 2 unspecified atom stereocenters. The molecule has 12 heterocycles. The first-order valence-corrected chi connectivity index (χ1v) is 28.7. The Hall–Kier alpha value is -7.17. The Bertz CT molecular complexity index is 3390. The molecule has 6 aliphatic rings. The van der Waals surface area contributed by atoms with Gasteiger partial charge in [-0.15, -0.1) is 0 Å². The minimum atomic E-state index is -2.77. The SMILES string of the molecule is CN1CCN(C(=O)N2CCN(C)CC2N2CCC(c3[nH]nc4nc(N5CCOCC5)nc(-c5cccc6[nH]c(C(F)F)nc56)c34)CC2)C(N2CCC(c3[nH]nc4nc(N5CCOCC5)nc(-c5cccc6[nH]c(C(F)F)nc56)c34)CC2)C1. The molecule has 23 nitrogen and oxygen atoms in total. The number of anilines is 2. The number of alkyl halides is 4. The molecule has 432 valence electrons. The van der Waals surface area contributed by atoms with Crippen LogP contribution in [0.2, 0.25) is 0 Å². The van der Waals surface area contributed by atoms with E-state index in [0.29, 0.717) is 147 Å². The van der Waals surface area contributed by atoms with Crippen molar-refractivity contribution in [2.24, 2.45) is 0 Å². The van der Waals surface area contributed by atoms with Crippen LogP contribution in [0.5, 0.6) is 0 Å². The first-order valence-electron chi connectivity index (χ1n) is 28.7. The van der Waals surface area contributed by atoms with Gasteiger partial charge in [0.2, 0.25) is 11.9 Å². The number of H-pyrrole nitrogens is 4. The third-order valence-corrected chi connectivity index (χ3v) is 17.8. The second-order valence-corrected chi connectivity index (χ2v) is 22.6. The Morgan fingerprint density at radius 3 is 1.35 bits per heavy atom. The molecule has 6 aromatic heterocycles. The standard InChI is InChI=1S/C55H66F4N20O3/c1-72-17-19-78(37(29-72)74-13-9-31(10-14-74)41-39-45(33-5-3-7-35-43(33)62-51(60-35)47(56)57)64-53(66-49(39)70-68-41)76-21-25-81-26-22-76)55(80)79-20-18-73(2)30-38(79)75-15-11-32(12-16-75)42-40-46(34-6-4-8-36-44(34)63-52(61-36)48(58)59)65-54(67-50(40)71-69-42)77-23-27-82-28-24-77/h3-8,31-32,37-38,47-48H,9-30H2,1-2H3,(H,60,62)(H,61,63)(H,64,66,68,70)(H,65,67,69,71). The second kappa shape index (κ2) is 21.9. The lowest BCUT2D eigenvalue weighted by Crippen LogP contribution is -2.69. The number of amides is 2. The van der Waals surface area contributed by atoms with Crippen molar-refractivity contribution in [1.29, 1.82) is 0 Å². The molecule has 0 saturated carbocycles. The van der Waals surface area contributed by atoms with Crippen molar-refractivity contribution in [2.45, 2.75) is 62.7 Å². The number of aromatic nitrogens is 12. The number of hydrogen-bond donors (Lipinski definition) is 4. The van der Waals surface area contributed by atoms with Gasteiger partial charge >= 0.3 is 6.03 Å². The number of morpholine rings is 2. The topological polar surface area (TPSA) is 228 Å². The summed E-state index contributed by atoms with van der Waals surface area (Å²) in [5.41, 5.74) is 7.08. The first-order chi connectivity index (χ1) is 40.0. The molecule has 4 N–H and O–H groups in total. The third kappa shape index (κ3) is 9.70. The normalized spacial score (nSPS) is 22.2. The predicted octanol–water partition coefficient (Wildman–Crippen LogP) is 5.98. The molecular formula is C55H66F4N20O3. The molecule has 0 radical (unpaired) electrons. The lowest BCUT2D eigenvalue weighted by atomic mass is 9.90. The summed E-state index contributed by atoms with van der Waals surface area (Å²) in [4.78, 5) is 67.9. The Labute approximate surface area is 468 Å². The van der Waals surface area contributed by atoms with E-state index in [1.165, 1.54) is 0 Å². The van der Waals surface area contributed by atoms with Crippen LogP contribution in [0.25, 0.3) is 66.6 Å².